The topological polar surface area (TPSA) is 37.8 Å². The summed E-state index contributed by atoms with van der Waals surface area (Å²) >= 11 is 1.12. The van der Waals surface area contributed by atoms with E-state index in [2.05, 4.69) is 15.5 Å². The molecule has 102 valence electrons. The van der Waals surface area contributed by atoms with Gasteiger partial charge in [-0.15, -0.1) is 10.2 Å². The van der Waals surface area contributed by atoms with Crippen LogP contribution in [0.25, 0.3) is 10.6 Å². The summed E-state index contributed by atoms with van der Waals surface area (Å²) in [6.45, 7) is 2.71. The summed E-state index contributed by atoms with van der Waals surface area (Å²) in [7, 11) is 0. The molecule has 3 nitrogen and oxygen atoms in total. The lowest BCUT2D eigenvalue weighted by Gasteiger charge is -2.09. The van der Waals surface area contributed by atoms with Crippen LogP contribution in [-0.4, -0.2) is 16.7 Å². The Morgan fingerprint density at radius 3 is 2.63 bits per heavy atom. The van der Waals surface area contributed by atoms with Crippen LogP contribution in [0.15, 0.2) is 24.3 Å². The van der Waals surface area contributed by atoms with Crippen LogP contribution in [0.4, 0.5) is 18.3 Å². The van der Waals surface area contributed by atoms with Crippen LogP contribution in [0.3, 0.4) is 0 Å². The second kappa shape index (κ2) is 5.56. The Bertz CT molecular complexity index is 551. The molecule has 0 saturated heterocycles. The van der Waals surface area contributed by atoms with Crippen molar-refractivity contribution in [3.05, 3.63) is 29.8 Å². The number of anilines is 1. The molecule has 0 fully saturated rings. The van der Waals surface area contributed by atoms with Gasteiger partial charge >= 0.3 is 6.18 Å². The number of rotatable bonds is 4. The third-order valence-electron chi connectivity index (χ3n) is 2.41. The number of nitrogens with one attached hydrogen (secondary N) is 1. The largest absolute Gasteiger partial charge is 0.417 e. The van der Waals surface area contributed by atoms with Crippen molar-refractivity contribution in [1.82, 2.24) is 10.2 Å². The molecule has 0 saturated carbocycles. The highest BCUT2D eigenvalue weighted by Gasteiger charge is 2.34. The van der Waals surface area contributed by atoms with E-state index in [0.717, 1.165) is 30.4 Å². The number of halogens is 3. The van der Waals surface area contributed by atoms with Crippen LogP contribution in [-0.2, 0) is 6.18 Å². The minimum atomic E-state index is -4.39. The van der Waals surface area contributed by atoms with Gasteiger partial charge in [-0.3, -0.25) is 0 Å². The van der Waals surface area contributed by atoms with Gasteiger partial charge in [0, 0.05) is 12.1 Å². The van der Waals surface area contributed by atoms with Crippen LogP contribution in [0.2, 0.25) is 0 Å². The lowest BCUT2D eigenvalue weighted by molar-refractivity contribution is -0.137. The van der Waals surface area contributed by atoms with E-state index in [1.807, 2.05) is 6.92 Å². The Morgan fingerprint density at radius 2 is 1.95 bits per heavy atom. The molecule has 1 N–H and O–H groups in total. The third-order valence-corrected chi connectivity index (χ3v) is 3.33. The van der Waals surface area contributed by atoms with Crippen molar-refractivity contribution in [2.24, 2.45) is 0 Å². The van der Waals surface area contributed by atoms with Gasteiger partial charge < -0.3 is 5.32 Å². The smallest absolute Gasteiger partial charge is 0.360 e. The van der Waals surface area contributed by atoms with Gasteiger partial charge in [0.1, 0.15) is 5.01 Å². The summed E-state index contributed by atoms with van der Waals surface area (Å²) in [6.07, 6.45) is -3.48. The quantitative estimate of drug-likeness (QED) is 0.922. The van der Waals surface area contributed by atoms with Crippen molar-refractivity contribution in [2.75, 3.05) is 11.9 Å². The van der Waals surface area contributed by atoms with Crippen molar-refractivity contribution >= 4 is 16.5 Å². The SMILES string of the molecule is CCCNc1nnc(-c2ccccc2C(F)(F)F)s1. The summed E-state index contributed by atoms with van der Waals surface area (Å²) in [6, 6.07) is 5.39. The summed E-state index contributed by atoms with van der Waals surface area (Å²) in [4.78, 5) is 0. The molecule has 0 aliphatic carbocycles. The first-order chi connectivity index (χ1) is 9.02. The zero-order chi connectivity index (χ0) is 13.9. The average Bonchev–Trinajstić information content (AvgIpc) is 2.84. The van der Waals surface area contributed by atoms with Crippen molar-refractivity contribution in [3.8, 4) is 10.6 Å². The van der Waals surface area contributed by atoms with Gasteiger partial charge in [-0.25, -0.2) is 0 Å². The van der Waals surface area contributed by atoms with Crippen LogP contribution in [0, 0.1) is 0 Å². The van der Waals surface area contributed by atoms with Crippen molar-refractivity contribution in [1.29, 1.82) is 0 Å². The number of aromatic nitrogens is 2. The second-order valence-electron chi connectivity index (χ2n) is 3.88. The van der Waals surface area contributed by atoms with E-state index in [1.54, 1.807) is 6.07 Å². The van der Waals surface area contributed by atoms with Gasteiger partial charge in [0.15, 0.2) is 0 Å². The zero-order valence-corrected chi connectivity index (χ0v) is 11.0. The molecular formula is C12H12F3N3S. The van der Waals surface area contributed by atoms with Gasteiger partial charge in [-0.05, 0) is 12.5 Å². The lowest BCUT2D eigenvalue weighted by atomic mass is 10.1. The van der Waals surface area contributed by atoms with Crippen LogP contribution in [0.1, 0.15) is 18.9 Å². The summed E-state index contributed by atoms with van der Waals surface area (Å²) in [5, 5.41) is 11.5. The highest BCUT2D eigenvalue weighted by molar-refractivity contribution is 7.18. The molecule has 0 aliphatic rings. The monoisotopic (exact) mass is 287 g/mol. The Balaban J connectivity index is 2.34. The fourth-order valence-corrected chi connectivity index (χ4v) is 2.36. The van der Waals surface area contributed by atoms with Gasteiger partial charge in [-0.2, -0.15) is 13.2 Å². The summed E-state index contributed by atoms with van der Waals surface area (Å²) < 4.78 is 38.7. The molecule has 2 aromatic rings. The molecule has 1 heterocycles. The van der Waals surface area contributed by atoms with Crippen LogP contribution >= 0.6 is 11.3 Å². The highest BCUT2D eigenvalue weighted by atomic mass is 32.1. The van der Waals surface area contributed by atoms with E-state index in [4.69, 9.17) is 0 Å². The normalized spacial score (nSPS) is 11.6. The maximum Gasteiger partial charge on any atom is 0.417 e. The number of hydrogen-bond acceptors (Lipinski definition) is 4. The van der Waals surface area contributed by atoms with Gasteiger partial charge in [0.05, 0.1) is 5.56 Å². The second-order valence-corrected chi connectivity index (χ2v) is 4.86. The van der Waals surface area contributed by atoms with E-state index in [0.29, 0.717) is 5.13 Å². The third kappa shape index (κ3) is 3.23. The summed E-state index contributed by atoms with van der Waals surface area (Å²) in [5.41, 5.74) is -0.620. The van der Waals surface area contributed by atoms with Gasteiger partial charge in [0.25, 0.3) is 0 Å². The molecule has 0 bridgehead atoms. The maximum atomic E-state index is 12.9. The zero-order valence-electron chi connectivity index (χ0n) is 10.2. The molecule has 1 aromatic heterocycles. The minimum absolute atomic E-state index is 0.0667. The van der Waals surface area contributed by atoms with E-state index >= 15 is 0 Å². The first-order valence-corrected chi connectivity index (χ1v) is 6.58. The molecule has 19 heavy (non-hydrogen) atoms. The van der Waals surface area contributed by atoms with Crippen molar-refractivity contribution in [2.45, 2.75) is 19.5 Å². The standard InChI is InChI=1S/C12H12F3N3S/c1-2-7-16-11-18-17-10(19-11)8-5-3-4-6-9(8)12(13,14)15/h3-6H,2,7H2,1H3,(H,16,18). The lowest BCUT2D eigenvalue weighted by Crippen LogP contribution is -2.06. The van der Waals surface area contributed by atoms with E-state index in [-0.39, 0.29) is 10.6 Å². The van der Waals surface area contributed by atoms with E-state index in [9.17, 15) is 13.2 Å². The molecular weight excluding hydrogens is 275 g/mol. The molecule has 0 unspecified atom stereocenters. The molecule has 0 atom stereocenters. The molecule has 1 aromatic carbocycles. The van der Waals surface area contributed by atoms with Gasteiger partial charge in [-0.1, -0.05) is 36.5 Å². The molecule has 0 amide bonds. The molecule has 0 radical (unpaired) electrons. The molecule has 0 spiro atoms. The van der Waals surface area contributed by atoms with Crippen LogP contribution < -0.4 is 5.32 Å². The fraction of sp³-hybridized carbons (Fsp3) is 0.333. The predicted molar refractivity (Wildman–Crippen MR) is 69.1 cm³/mol. The number of nitrogens with zero attached hydrogens (tertiary/aromatic N) is 2. The van der Waals surface area contributed by atoms with Crippen molar-refractivity contribution in [3.63, 3.8) is 0 Å². The Kier molecular flexibility index (Phi) is 4.04. The van der Waals surface area contributed by atoms with Gasteiger partial charge in [0.2, 0.25) is 5.13 Å². The van der Waals surface area contributed by atoms with E-state index < -0.39 is 11.7 Å². The Hall–Kier alpha value is -1.63. The predicted octanol–water partition coefficient (Wildman–Crippen LogP) is 4.05. The van der Waals surface area contributed by atoms with E-state index in [1.165, 1.54) is 12.1 Å². The van der Waals surface area contributed by atoms with Crippen molar-refractivity contribution < 1.29 is 13.2 Å². The maximum absolute atomic E-state index is 12.9. The summed E-state index contributed by atoms with van der Waals surface area (Å²) in [5.74, 6) is 0. The molecule has 0 aliphatic heterocycles. The first kappa shape index (κ1) is 13.8. The average molecular weight is 287 g/mol. The molecule has 2 rings (SSSR count). The Morgan fingerprint density at radius 1 is 1.21 bits per heavy atom. The van der Waals surface area contributed by atoms with Crippen LogP contribution in [0.5, 0.6) is 0 Å². The highest BCUT2D eigenvalue weighted by Crippen LogP contribution is 2.38. The Labute approximate surface area is 112 Å². The number of alkyl halides is 3. The molecule has 7 heteroatoms. The number of hydrogen-bond donors (Lipinski definition) is 1. The fourth-order valence-electron chi connectivity index (χ4n) is 1.55. The number of benzene rings is 1. The first-order valence-electron chi connectivity index (χ1n) is 5.76. The minimum Gasteiger partial charge on any atom is -0.360 e.